The maximum absolute atomic E-state index is 13.2. The van der Waals surface area contributed by atoms with E-state index in [4.69, 9.17) is 11.5 Å². The number of benzene rings is 3. The second kappa shape index (κ2) is 14.0. The van der Waals surface area contributed by atoms with E-state index in [1.54, 1.807) is 48.7 Å². The Labute approximate surface area is 277 Å². The molecule has 250 valence electrons. The molecule has 5 rings (SSSR count). The molecule has 1 amide bonds. The Bertz CT molecular complexity index is 2090. The predicted molar refractivity (Wildman–Crippen MR) is 184 cm³/mol. The molecule has 0 aliphatic heterocycles. The van der Waals surface area contributed by atoms with Crippen molar-refractivity contribution in [2.45, 2.75) is 30.3 Å². The van der Waals surface area contributed by atoms with Gasteiger partial charge in [-0.1, -0.05) is 24.3 Å². The number of hydrogen-bond donors (Lipinski definition) is 5. The summed E-state index contributed by atoms with van der Waals surface area (Å²) in [4.78, 5) is 45.5. The van der Waals surface area contributed by atoms with Gasteiger partial charge in [0.25, 0.3) is 5.91 Å². The molecule has 0 aliphatic carbocycles. The molecule has 1 atom stereocenters. The third-order valence-electron chi connectivity index (χ3n) is 7.67. The topological polar surface area (TPSA) is 223 Å². The maximum atomic E-state index is 13.2. The molecule has 0 spiro atoms. The third kappa shape index (κ3) is 7.50. The highest BCUT2D eigenvalue weighted by Crippen LogP contribution is 2.30. The Morgan fingerprint density at radius 2 is 1.65 bits per heavy atom. The summed E-state index contributed by atoms with van der Waals surface area (Å²) >= 11 is 0. The number of carbonyl (C=O) groups is 2. The molecule has 7 N–H and O–H groups in total. The molecule has 2 heterocycles. The number of carboxylic acids is 1. The average Bonchev–Trinajstić information content (AvgIpc) is 3.05. The van der Waals surface area contributed by atoms with Crippen molar-refractivity contribution < 1.29 is 23.1 Å². The summed E-state index contributed by atoms with van der Waals surface area (Å²) < 4.78 is 28.9. The van der Waals surface area contributed by atoms with Gasteiger partial charge in [-0.15, -0.1) is 0 Å². The molecule has 48 heavy (non-hydrogen) atoms. The van der Waals surface area contributed by atoms with Gasteiger partial charge >= 0.3 is 5.97 Å². The number of anilines is 4. The third-order valence-corrected chi connectivity index (χ3v) is 9.19. The maximum Gasteiger partial charge on any atom is 0.326 e. The Morgan fingerprint density at radius 3 is 2.35 bits per heavy atom. The lowest BCUT2D eigenvalue weighted by Crippen LogP contribution is -2.41. The molecular formula is C32H36N10O5S. The highest BCUT2D eigenvalue weighted by atomic mass is 32.2. The number of amides is 1. The Morgan fingerprint density at radius 1 is 0.938 bits per heavy atom. The van der Waals surface area contributed by atoms with Crippen LogP contribution in [0.5, 0.6) is 0 Å². The van der Waals surface area contributed by atoms with Crippen molar-refractivity contribution in [3.63, 3.8) is 0 Å². The molecule has 0 saturated carbocycles. The quantitative estimate of drug-likeness (QED) is 0.114. The second-order valence-corrected chi connectivity index (χ2v) is 13.1. The van der Waals surface area contributed by atoms with Gasteiger partial charge in [-0.25, -0.2) is 27.9 Å². The van der Waals surface area contributed by atoms with Gasteiger partial charge in [-0.05, 0) is 49.2 Å². The molecule has 2 aromatic heterocycles. The minimum absolute atomic E-state index is 0.0113. The van der Waals surface area contributed by atoms with Crippen LogP contribution in [0.2, 0.25) is 0 Å². The van der Waals surface area contributed by atoms with Gasteiger partial charge in [0.1, 0.15) is 6.04 Å². The lowest BCUT2D eigenvalue weighted by Gasteiger charge is -2.19. The van der Waals surface area contributed by atoms with Gasteiger partial charge in [0.05, 0.1) is 23.3 Å². The van der Waals surface area contributed by atoms with Gasteiger partial charge in [-0.3, -0.25) is 4.79 Å². The number of aromatic nitrogens is 4. The van der Waals surface area contributed by atoms with Crippen LogP contribution in [0.1, 0.15) is 28.9 Å². The number of nitrogens with two attached hydrogens (primary N) is 2. The van der Waals surface area contributed by atoms with Crippen LogP contribution in [-0.4, -0.2) is 79.1 Å². The summed E-state index contributed by atoms with van der Waals surface area (Å²) in [6.45, 7) is 0.350. The number of nitrogens with zero attached hydrogens (tertiary/aromatic N) is 6. The minimum atomic E-state index is -3.89. The van der Waals surface area contributed by atoms with Crippen LogP contribution in [0.4, 0.5) is 23.1 Å². The van der Waals surface area contributed by atoms with Gasteiger partial charge in [0, 0.05) is 55.4 Å². The van der Waals surface area contributed by atoms with Crippen molar-refractivity contribution >= 4 is 67.0 Å². The first kappa shape index (κ1) is 33.7. The SMILES string of the molecule is CN(C)c1cccc2c(S(=O)(=O)NCCC[C@H](NC(=O)c3ccc(N(C)Cc4cnc5nc(N)nc(N)c5n4)cc3)C(=O)O)cccc12. The van der Waals surface area contributed by atoms with E-state index in [0.29, 0.717) is 28.8 Å². The van der Waals surface area contributed by atoms with E-state index in [2.05, 4.69) is 30.0 Å². The van der Waals surface area contributed by atoms with Crippen molar-refractivity contribution in [3.05, 3.63) is 78.1 Å². The highest BCUT2D eigenvalue weighted by molar-refractivity contribution is 7.89. The fourth-order valence-corrected chi connectivity index (χ4v) is 6.53. The fraction of sp³-hybridized carbons (Fsp3) is 0.250. The number of aliphatic carboxylic acids is 1. The zero-order chi connectivity index (χ0) is 34.6. The molecule has 0 fully saturated rings. The van der Waals surface area contributed by atoms with Crippen molar-refractivity contribution in [3.8, 4) is 0 Å². The number of rotatable bonds is 13. The zero-order valence-corrected chi connectivity index (χ0v) is 27.4. The number of nitrogens with one attached hydrogen (secondary N) is 2. The molecule has 0 aliphatic rings. The molecule has 0 bridgehead atoms. The van der Waals surface area contributed by atoms with Crippen LogP contribution in [0.25, 0.3) is 21.9 Å². The Kier molecular flexibility index (Phi) is 9.86. The zero-order valence-electron chi connectivity index (χ0n) is 26.6. The largest absolute Gasteiger partial charge is 0.480 e. The number of sulfonamides is 1. The number of carboxylic acid groups (broad SMARTS) is 1. The van der Waals surface area contributed by atoms with Crippen LogP contribution in [0, 0.1) is 0 Å². The standard InChI is InChI=1S/C32H36N10O5S/c1-41(2)25-10-4-8-23-22(25)7-5-11-26(23)48(46,47)36-16-6-9-24(31(44)45)38-30(43)19-12-14-21(15-13-19)42(3)18-20-17-35-29-27(37-20)28(33)39-32(34)40-29/h4-5,7-8,10-15,17,24,36H,6,9,16,18H2,1-3H3,(H,38,43)(H,44,45)(H4,33,34,35,39,40)/t24-/m0/s1. The molecule has 0 saturated heterocycles. The first-order chi connectivity index (χ1) is 22.8. The predicted octanol–water partition coefficient (Wildman–Crippen LogP) is 2.38. The monoisotopic (exact) mass is 672 g/mol. The van der Waals surface area contributed by atoms with Crippen molar-refractivity contribution in [2.24, 2.45) is 0 Å². The normalized spacial score (nSPS) is 12.1. The average molecular weight is 673 g/mol. The first-order valence-electron chi connectivity index (χ1n) is 14.9. The van der Waals surface area contributed by atoms with Crippen LogP contribution in [-0.2, 0) is 21.4 Å². The number of hydrogen-bond acceptors (Lipinski definition) is 12. The van der Waals surface area contributed by atoms with E-state index in [9.17, 15) is 23.1 Å². The number of carbonyl (C=O) groups excluding carboxylic acids is 1. The second-order valence-electron chi connectivity index (χ2n) is 11.3. The Hall–Kier alpha value is -5.61. The molecular weight excluding hydrogens is 636 g/mol. The van der Waals surface area contributed by atoms with E-state index in [1.807, 2.05) is 43.1 Å². The minimum Gasteiger partial charge on any atom is -0.480 e. The lowest BCUT2D eigenvalue weighted by atomic mass is 10.1. The molecule has 16 heteroatoms. The lowest BCUT2D eigenvalue weighted by molar-refractivity contribution is -0.139. The fourth-order valence-electron chi connectivity index (χ4n) is 5.24. The van der Waals surface area contributed by atoms with Crippen molar-refractivity contribution in [1.82, 2.24) is 30.0 Å². The summed E-state index contributed by atoms with van der Waals surface area (Å²) in [6, 6.07) is 15.9. The molecule has 3 aromatic carbocycles. The van der Waals surface area contributed by atoms with Crippen LogP contribution in [0.3, 0.4) is 0 Å². The van der Waals surface area contributed by atoms with E-state index in [0.717, 1.165) is 16.8 Å². The van der Waals surface area contributed by atoms with E-state index in [-0.39, 0.29) is 41.6 Å². The summed E-state index contributed by atoms with van der Waals surface area (Å²) in [5.74, 6) is -1.65. The van der Waals surface area contributed by atoms with Crippen molar-refractivity contribution in [2.75, 3.05) is 49.0 Å². The smallest absolute Gasteiger partial charge is 0.326 e. The summed E-state index contributed by atoms with van der Waals surface area (Å²) in [7, 11) is 1.71. The van der Waals surface area contributed by atoms with E-state index < -0.39 is 27.9 Å². The molecule has 15 nitrogen and oxygen atoms in total. The summed E-state index contributed by atoms with van der Waals surface area (Å²) in [6.07, 6.45) is 1.75. The summed E-state index contributed by atoms with van der Waals surface area (Å²) in [5, 5.41) is 13.7. The number of nitrogen functional groups attached to an aromatic ring is 2. The van der Waals surface area contributed by atoms with Gasteiger partial charge < -0.3 is 31.7 Å². The Balaban J connectivity index is 1.16. The number of fused-ring (bicyclic) bond motifs is 2. The van der Waals surface area contributed by atoms with Crippen LogP contribution in [0.15, 0.2) is 71.8 Å². The van der Waals surface area contributed by atoms with Gasteiger partial charge in [-0.2, -0.15) is 9.97 Å². The van der Waals surface area contributed by atoms with Crippen LogP contribution < -0.4 is 31.3 Å². The van der Waals surface area contributed by atoms with E-state index in [1.165, 1.54) is 6.07 Å². The van der Waals surface area contributed by atoms with E-state index >= 15 is 0 Å². The van der Waals surface area contributed by atoms with Crippen molar-refractivity contribution in [1.29, 1.82) is 0 Å². The molecule has 5 aromatic rings. The van der Waals surface area contributed by atoms with Gasteiger partial charge in [0.2, 0.25) is 16.0 Å². The van der Waals surface area contributed by atoms with Crippen LogP contribution >= 0.6 is 0 Å². The first-order valence-corrected chi connectivity index (χ1v) is 16.4. The highest BCUT2D eigenvalue weighted by Gasteiger charge is 2.22. The molecule has 0 radical (unpaired) electrons. The van der Waals surface area contributed by atoms with Gasteiger partial charge in [0.15, 0.2) is 17.0 Å². The summed E-state index contributed by atoms with van der Waals surface area (Å²) in [5.41, 5.74) is 14.7. The molecule has 0 unspecified atom stereocenters.